The van der Waals surface area contributed by atoms with Crippen molar-refractivity contribution in [1.29, 1.82) is 0 Å². The van der Waals surface area contributed by atoms with Crippen LogP contribution in [0.5, 0.6) is 5.75 Å². The summed E-state index contributed by atoms with van der Waals surface area (Å²) in [6.07, 6.45) is 3.46. The van der Waals surface area contributed by atoms with Gasteiger partial charge in [-0.15, -0.1) is 0 Å². The Balaban J connectivity index is 2.16. The molecule has 0 heterocycles. The quantitative estimate of drug-likeness (QED) is 0.768. The third-order valence-corrected chi connectivity index (χ3v) is 2.85. The number of aromatic hydroxyl groups is 1. The highest BCUT2D eigenvalue weighted by Gasteiger charge is 2.21. The van der Waals surface area contributed by atoms with Gasteiger partial charge in [0.2, 0.25) is 0 Å². The van der Waals surface area contributed by atoms with Gasteiger partial charge in [-0.2, -0.15) is 0 Å². The first-order valence-corrected chi connectivity index (χ1v) is 5.36. The van der Waals surface area contributed by atoms with Gasteiger partial charge in [-0.1, -0.05) is 13.0 Å². The van der Waals surface area contributed by atoms with Crippen molar-refractivity contribution in [1.82, 2.24) is 5.32 Å². The Labute approximate surface area is 85.0 Å². The lowest BCUT2D eigenvalue weighted by Gasteiger charge is -2.13. The van der Waals surface area contributed by atoms with Gasteiger partial charge in [-0.25, -0.2) is 0 Å². The first kappa shape index (κ1) is 9.53. The molecule has 1 atom stereocenters. The number of phenolic OH excluding ortho intramolecular Hbond substituents is 1. The van der Waals surface area contributed by atoms with Crippen LogP contribution < -0.4 is 5.32 Å². The van der Waals surface area contributed by atoms with Gasteiger partial charge in [0.15, 0.2) is 0 Å². The molecule has 1 aliphatic carbocycles. The summed E-state index contributed by atoms with van der Waals surface area (Å²) in [4.78, 5) is 0. The zero-order valence-corrected chi connectivity index (χ0v) is 8.59. The van der Waals surface area contributed by atoms with E-state index in [9.17, 15) is 5.11 Å². The number of hydrogen-bond donors (Lipinski definition) is 2. The Morgan fingerprint density at radius 3 is 3.14 bits per heavy atom. The van der Waals surface area contributed by atoms with Crippen LogP contribution in [0.15, 0.2) is 18.2 Å². The van der Waals surface area contributed by atoms with Crippen LogP contribution in [0.1, 0.15) is 36.9 Å². The third kappa shape index (κ3) is 1.75. The second-order valence-electron chi connectivity index (χ2n) is 3.93. The molecule has 0 fully saturated rings. The highest BCUT2D eigenvalue weighted by atomic mass is 16.3. The first-order valence-electron chi connectivity index (χ1n) is 5.36. The molecule has 76 valence electrons. The molecular weight excluding hydrogens is 174 g/mol. The molecule has 0 saturated carbocycles. The summed E-state index contributed by atoms with van der Waals surface area (Å²) in [7, 11) is 0. The zero-order valence-electron chi connectivity index (χ0n) is 8.59. The van der Waals surface area contributed by atoms with Gasteiger partial charge in [-0.3, -0.25) is 0 Å². The molecule has 2 heteroatoms. The molecule has 0 spiro atoms. The van der Waals surface area contributed by atoms with E-state index in [0.29, 0.717) is 11.8 Å². The molecule has 0 aliphatic heterocycles. The highest BCUT2D eigenvalue weighted by Crippen LogP contribution is 2.33. The van der Waals surface area contributed by atoms with Crippen molar-refractivity contribution in [3.63, 3.8) is 0 Å². The van der Waals surface area contributed by atoms with Gasteiger partial charge in [0.1, 0.15) is 5.75 Å². The van der Waals surface area contributed by atoms with E-state index in [1.54, 1.807) is 6.07 Å². The second kappa shape index (κ2) is 4.01. The standard InChI is InChI=1S/C12H17NO/c1-2-7-13-12-6-4-9-3-5-10(14)8-11(9)12/h3,5,8,12-14H,2,4,6-7H2,1H3. The Hall–Kier alpha value is -1.02. The Morgan fingerprint density at radius 2 is 2.36 bits per heavy atom. The van der Waals surface area contributed by atoms with Crippen molar-refractivity contribution in [3.8, 4) is 5.75 Å². The van der Waals surface area contributed by atoms with Gasteiger partial charge in [0.25, 0.3) is 0 Å². The Bertz CT molecular complexity index is 322. The molecule has 1 aromatic rings. The topological polar surface area (TPSA) is 32.3 Å². The van der Waals surface area contributed by atoms with E-state index in [1.165, 1.54) is 17.5 Å². The molecule has 14 heavy (non-hydrogen) atoms. The lowest BCUT2D eigenvalue weighted by Crippen LogP contribution is -2.19. The number of fused-ring (bicyclic) bond motifs is 1. The SMILES string of the molecule is CCCNC1CCc2ccc(O)cc21. The van der Waals surface area contributed by atoms with Gasteiger partial charge in [0.05, 0.1) is 0 Å². The van der Waals surface area contributed by atoms with Crippen LogP contribution in [0.25, 0.3) is 0 Å². The van der Waals surface area contributed by atoms with Crippen LogP contribution in [0.4, 0.5) is 0 Å². The van der Waals surface area contributed by atoms with Crippen molar-refractivity contribution in [3.05, 3.63) is 29.3 Å². The number of aryl methyl sites for hydroxylation is 1. The predicted octanol–water partition coefficient (Wildman–Crippen LogP) is 2.38. The van der Waals surface area contributed by atoms with Gasteiger partial charge >= 0.3 is 0 Å². The van der Waals surface area contributed by atoms with E-state index in [0.717, 1.165) is 19.4 Å². The van der Waals surface area contributed by atoms with Crippen LogP contribution in [0.3, 0.4) is 0 Å². The molecule has 0 amide bonds. The van der Waals surface area contributed by atoms with E-state index in [1.807, 2.05) is 12.1 Å². The number of nitrogens with one attached hydrogen (secondary N) is 1. The molecule has 0 bridgehead atoms. The van der Waals surface area contributed by atoms with E-state index in [4.69, 9.17) is 0 Å². The fourth-order valence-electron chi connectivity index (χ4n) is 2.12. The summed E-state index contributed by atoms with van der Waals surface area (Å²) in [6.45, 7) is 3.23. The number of benzene rings is 1. The van der Waals surface area contributed by atoms with Gasteiger partial charge < -0.3 is 10.4 Å². The maximum absolute atomic E-state index is 9.41. The monoisotopic (exact) mass is 191 g/mol. The Morgan fingerprint density at radius 1 is 1.50 bits per heavy atom. The number of hydrogen-bond acceptors (Lipinski definition) is 2. The summed E-state index contributed by atoms with van der Waals surface area (Å²) in [5.41, 5.74) is 2.68. The number of phenols is 1. The van der Waals surface area contributed by atoms with Crippen molar-refractivity contribution >= 4 is 0 Å². The minimum atomic E-state index is 0.383. The average Bonchev–Trinajstić information content (AvgIpc) is 2.57. The molecule has 2 rings (SSSR count). The van der Waals surface area contributed by atoms with Crippen LogP contribution >= 0.6 is 0 Å². The van der Waals surface area contributed by atoms with Gasteiger partial charge in [-0.05, 0) is 49.1 Å². The molecule has 1 aromatic carbocycles. The minimum Gasteiger partial charge on any atom is -0.508 e. The fraction of sp³-hybridized carbons (Fsp3) is 0.500. The van der Waals surface area contributed by atoms with E-state index < -0.39 is 0 Å². The maximum atomic E-state index is 9.41. The summed E-state index contributed by atoms with van der Waals surface area (Å²) in [6, 6.07) is 6.17. The minimum absolute atomic E-state index is 0.383. The molecule has 2 nitrogen and oxygen atoms in total. The number of rotatable bonds is 3. The highest BCUT2D eigenvalue weighted by molar-refractivity contribution is 5.40. The molecule has 1 aliphatic rings. The summed E-state index contributed by atoms with van der Waals surface area (Å²) in [5.74, 6) is 0.383. The van der Waals surface area contributed by atoms with Gasteiger partial charge in [0, 0.05) is 6.04 Å². The van der Waals surface area contributed by atoms with Crippen molar-refractivity contribution < 1.29 is 5.11 Å². The van der Waals surface area contributed by atoms with Crippen LogP contribution in [-0.2, 0) is 6.42 Å². The van der Waals surface area contributed by atoms with Crippen LogP contribution in [0.2, 0.25) is 0 Å². The molecule has 2 N–H and O–H groups in total. The van der Waals surface area contributed by atoms with E-state index >= 15 is 0 Å². The summed E-state index contributed by atoms with van der Waals surface area (Å²) in [5, 5.41) is 12.9. The predicted molar refractivity (Wildman–Crippen MR) is 57.5 cm³/mol. The third-order valence-electron chi connectivity index (χ3n) is 2.85. The lowest BCUT2D eigenvalue weighted by atomic mass is 10.1. The molecule has 0 radical (unpaired) electrons. The second-order valence-corrected chi connectivity index (χ2v) is 3.93. The largest absolute Gasteiger partial charge is 0.508 e. The van der Waals surface area contributed by atoms with Crippen molar-refractivity contribution in [2.24, 2.45) is 0 Å². The fourth-order valence-corrected chi connectivity index (χ4v) is 2.12. The van der Waals surface area contributed by atoms with E-state index in [-0.39, 0.29) is 0 Å². The first-order chi connectivity index (χ1) is 6.81. The molecule has 0 aromatic heterocycles. The summed E-state index contributed by atoms with van der Waals surface area (Å²) >= 11 is 0. The van der Waals surface area contributed by atoms with Crippen molar-refractivity contribution in [2.45, 2.75) is 32.2 Å². The molecule has 1 unspecified atom stereocenters. The van der Waals surface area contributed by atoms with E-state index in [2.05, 4.69) is 12.2 Å². The Kier molecular flexibility index (Phi) is 2.73. The molecule has 0 saturated heterocycles. The van der Waals surface area contributed by atoms with Crippen molar-refractivity contribution in [2.75, 3.05) is 6.54 Å². The maximum Gasteiger partial charge on any atom is 0.115 e. The molecular formula is C12H17NO. The average molecular weight is 191 g/mol. The van der Waals surface area contributed by atoms with Crippen LogP contribution in [-0.4, -0.2) is 11.7 Å². The van der Waals surface area contributed by atoms with Crippen LogP contribution in [0, 0.1) is 0 Å². The zero-order chi connectivity index (χ0) is 9.97. The summed E-state index contributed by atoms with van der Waals surface area (Å²) < 4.78 is 0. The normalized spacial score (nSPS) is 19.6. The lowest BCUT2D eigenvalue weighted by molar-refractivity contribution is 0.471. The smallest absolute Gasteiger partial charge is 0.115 e.